The van der Waals surface area contributed by atoms with E-state index in [-0.39, 0.29) is 5.91 Å². The predicted octanol–water partition coefficient (Wildman–Crippen LogP) is 4.15. The second-order valence-electron chi connectivity index (χ2n) is 5.59. The van der Waals surface area contributed by atoms with E-state index in [1.54, 1.807) is 17.5 Å². The second kappa shape index (κ2) is 8.74. The van der Waals surface area contributed by atoms with E-state index in [0.29, 0.717) is 19.4 Å². The van der Waals surface area contributed by atoms with Gasteiger partial charge in [-0.2, -0.15) is 0 Å². The summed E-state index contributed by atoms with van der Waals surface area (Å²) in [6.07, 6.45) is 3.59. The number of hydrogen-bond acceptors (Lipinski definition) is 4. The Kier molecular flexibility index (Phi) is 6.14. The van der Waals surface area contributed by atoms with E-state index in [1.807, 2.05) is 47.8 Å². The third-order valence-corrected chi connectivity index (χ3v) is 4.82. The van der Waals surface area contributed by atoms with Crippen molar-refractivity contribution >= 4 is 28.8 Å². The number of carbonyl (C=O) groups is 1. The molecule has 2 heterocycles. The van der Waals surface area contributed by atoms with Gasteiger partial charge in [0.15, 0.2) is 0 Å². The molecule has 0 atom stereocenters. The maximum absolute atomic E-state index is 12.0. The molecule has 0 bridgehead atoms. The molecular formula is C19H18ClN3OS. The van der Waals surface area contributed by atoms with Crippen LogP contribution in [0.4, 0.5) is 0 Å². The minimum Gasteiger partial charge on any atom is -0.356 e. The van der Waals surface area contributed by atoms with E-state index >= 15 is 0 Å². The van der Waals surface area contributed by atoms with Crippen molar-refractivity contribution in [2.24, 2.45) is 0 Å². The Morgan fingerprint density at radius 1 is 1.16 bits per heavy atom. The maximum atomic E-state index is 12.0. The summed E-state index contributed by atoms with van der Waals surface area (Å²) in [5.41, 5.74) is 2.91. The summed E-state index contributed by atoms with van der Waals surface area (Å²) in [6.45, 7) is 0.607. The first kappa shape index (κ1) is 17.6. The number of amides is 1. The topological polar surface area (TPSA) is 54.9 Å². The zero-order valence-corrected chi connectivity index (χ0v) is 15.2. The fourth-order valence-electron chi connectivity index (χ4n) is 2.40. The van der Waals surface area contributed by atoms with Gasteiger partial charge in [-0.1, -0.05) is 29.8 Å². The molecule has 0 aliphatic carbocycles. The Bertz CT molecular complexity index is 835. The highest BCUT2D eigenvalue weighted by Crippen LogP contribution is 2.21. The van der Waals surface area contributed by atoms with Crippen molar-refractivity contribution in [1.29, 1.82) is 0 Å². The second-order valence-corrected chi connectivity index (χ2v) is 6.88. The zero-order valence-electron chi connectivity index (χ0n) is 13.6. The Labute approximate surface area is 155 Å². The van der Waals surface area contributed by atoms with Crippen LogP contribution in [0.2, 0.25) is 5.02 Å². The van der Waals surface area contributed by atoms with Crippen LogP contribution in [-0.2, 0) is 17.6 Å². The van der Waals surface area contributed by atoms with Gasteiger partial charge in [0, 0.05) is 29.6 Å². The molecule has 4 nitrogen and oxygen atoms in total. The van der Waals surface area contributed by atoms with Crippen LogP contribution in [0.5, 0.6) is 0 Å². The SMILES string of the molecule is O=C(CCc1csc(-c2ccccn2)n1)NCCc1cccc(Cl)c1. The molecule has 1 aromatic carbocycles. The lowest BCUT2D eigenvalue weighted by Gasteiger charge is -2.05. The van der Waals surface area contributed by atoms with Gasteiger partial charge in [0.2, 0.25) is 5.91 Å². The maximum Gasteiger partial charge on any atom is 0.220 e. The molecule has 0 fully saturated rings. The predicted molar refractivity (Wildman–Crippen MR) is 102 cm³/mol. The van der Waals surface area contributed by atoms with Crippen LogP contribution >= 0.6 is 22.9 Å². The number of hydrogen-bond donors (Lipinski definition) is 1. The van der Waals surface area contributed by atoms with E-state index in [2.05, 4.69) is 15.3 Å². The highest BCUT2D eigenvalue weighted by atomic mass is 35.5. The van der Waals surface area contributed by atoms with Crippen molar-refractivity contribution in [2.75, 3.05) is 6.54 Å². The molecule has 6 heteroatoms. The summed E-state index contributed by atoms with van der Waals surface area (Å²) >= 11 is 7.51. The van der Waals surface area contributed by atoms with E-state index in [9.17, 15) is 4.79 Å². The first-order valence-corrected chi connectivity index (χ1v) is 9.33. The van der Waals surface area contributed by atoms with Gasteiger partial charge in [-0.3, -0.25) is 9.78 Å². The molecule has 0 saturated carbocycles. The lowest BCUT2D eigenvalue weighted by molar-refractivity contribution is -0.121. The number of aromatic nitrogens is 2. The average Bonchev–Trinajstić information content (AvgIpc) is 3.10. The molecule has 25 heavy (non-hydrogen) atoms. The van der Waals surface area contributed by atoms with Gasteiger partial charge < -0.3 is 5.32 Å². The molecule has 2 aromatic heterocycles. The number of halogens is 1. The quantitative estimate of drug-likeness (QED) is 0.678. The molecular weight excluding hydrogens is 354 g/mol. The molecule has 1 amide bonds. The highest BCUT2D eigenvalue weighted by Gasteiger charge is 2.08. The smallest absolute Gasteiger partial charge is 0.220 e. The lowest BCUT2D eigenvalue weighted by atomic mass is 10.1. The summed E-state index contributed by atoms with van der Waals surface area (Å²) in [7, 11) is 0. The Balaban J connectivity index is 1.43. The van der Waals surface area contributed by atoms with E-state index in [4.69, 9.17) is 11.6 Å². The minimum atomic E-state index is 0.0365. The van der Waals surface area contributed by atoms with Crippen LogP contribution in [0, 0.1) is 0 Å². The minimum absolute atomic E-state index is 0.0365. The number of nitrogens with one attached hydrogen (secondary N) is 1. The molecule has 3 rings (SSSR count). The van der Waals surface area contributed by atoms with Crippen molar-refractivity contribution in [3.8, 4) is 10.7 Å². The molecule has 0 aliphatic heterocycles. The molecule has 0 radical (unpaired) electrons. The van der Waals surface area contributed by atoms with Crippen LogP contribution in [0.3, 0.4) is 0 Å². The standard InChI is InChI=1S/C19H18ClN3OS/c20-15-5-3-4-14(12-15)9-11-22-18(24)8-7-16-13-25-19(23-16)17-6-1-2-10-21-17/h1-6,10,12-13H,7-9,11H2,(H,22,24). The van der Waals surface area contributed by atoms with Crippen LogP contribution in [0.25, 0.3) is 10.7 Å². The number of nitrogens with zero attached hydrogens (tertiary/aromatic N) is 2. The third kappa shape index (κ3) is 5.37. The number of aryl methyl sites for hydroxylation is 1. The van der Waals surface area contributed by atoms with Crippen molar-refractivity contribution in [3.05, 3.63) is 70.3 Å². The van der Waals surface area contributed by atoms with Gasteiger partial charge in [-0.05, 0) is 42.7 Å². The number of rotatable bonds is 7. The van der Waals surface area contributed by atoms with Crippen molar-refractivity contribution in [1.82, 2.24) is 15.3 Å². The van der Waals surface area contributed by atoms with Crippen molar-refractivity contribution in [3.63, 3.8) is 0 Å². The van der Waals surface area contributed by atoms with Crippen LogP contribution < -0.4 is 5.32 Å². The highest BCUT2D eigenvalue weighted by molar-refractivity contribution is 7.13. The largest absolute Gasteiger partial charge is 0.356 e. The monoisotopic (exact) mass is 371 g/mol. The zero-order chi connectivity index (χ0) is 17.5. The average molecular weight is 372 g/mol. The summed E-state index contributed by atoms with van der Waals surface area (Å²) in [6, 6.07) is 13.4. The van der Waals surface area contributed by atoms with Gasteiger partial charge in [0.1, 0.15) is 5.01 Å². The summed E-state index contributed by atoms with van der Waals surface area (Å²) in [4.78, 5) is 20.8. The van der Waals surface area contributed by atoms with Gasteiger partial charge >= 0.3 is 0 Å². The molecule has 128 valence electrons. The van der Waals surface area contributed by atoms with Crippen LogP contribution in [0.1, 0.15) is 17.7 Å². The van der Waals surface area contributed by atoms with Crippen molar-refractivity contribution in [2.45, 2.75) is 19.3 Å². The number of thiazole rings is 1. The van der Waals surface area contributed by atoms with E-state index in [1.165, 1.54) is 0 Å². The third-order valence-electron chi connectivity index (χ3n) is 3.67. The summed E-state index contributed by atoms with van der Waals surface area (Å²) in [5, 5.41) is 6.53. The molecule has 0 saturated heterocycles. The Hall–Kier alpha value is -2.24. The van der Waals surface area contributed by atoms with Gasteiger partial charge in [0.05, 0.1) is 11.4 Å². The first-order valence-electron chi connectivity index (χ1n) is 8.07. The molecule has 0 spiro atoms. The molecule has 3 aromatic rings. The van der Waals surface area contributed by atoms with Crippen LogP contribution in [-0.4, -0.2) is 22.4 Å². The van der Waals surface area contributed by atoms with E-state index < -0.39 is 0 Å². The normalized spacial score (nSPS) is 10.6. The lowest BCUT2D eigenvalue weighted by Crippen LogP contribution is -2.25. The first-order chi connectivity index (χ1) is 12.2. The Morgan fingerprint density at radius 3 is 2.88 bits per heavy atom. The van der Waals surface area contributed by atoms with E-state index in [0.717, 1.165) is 33.4 Å². The van der Waals surface area contributed by atoms with Gasteiger partial charge in [-0.25, -0.2) is 4.98 Å². The fraction of sp³-hybridized carbons (Fsp3) is 0.211. The van der Waals surface area contributed by atoms with Gasteiger partial charge in [-0.15, -0.1) is 11.3 Å². The fourth-order valence-corrected chi connectivity index (χ4v) is 3.44. The number of pyridine rings is 1. The van der Waals surface area contributed by atoms with Gasteiger partial charge in [0.25, 0.3) is 0 Å². The summed E-state index contributed by atoms with van der Waals surface area (Å²) < 4.78 is 0. The summed E-state index contributed by atoms with van der Waals surface area (Å²) in [5.74, 6) is 0.0365. The molecule has 0 unspecified atom stereocenters. The number of carbonyl (C=O) groups excluding carboxylic acids is 1. The van der Waals surface area contributed by atoms with Crippen molar-refractivity contribution < 1.29 is 4.79 Å². The Morgan fingerprint density at radius 2 is 2.08 bits per heavy atom. The van der Waals surface area contributed by atoms with Crippen LogP contribution in [0.15, 0.2) is 54.0 Å². The molecule has 1 N–H and O–H groups in total. The number of benzene rings is 1. The molecule has 0 aliphatic rings.